The summed E-state index contributed by atoms with van der Waals surface area (Å²) in [7, 11) is 0. The molecule has 12 nitrogen and oxygen atoms in total. The number of carbonyl (C=O) groups is 2. The number of oxime groups is 1. The van der Waals surface area contributed by atoms with E-state index in [0.717, 1.165) is 6.20 Å². The van der Waals surface area contributed by atoms with Crippen molar-refractivity contribution in [2.75, 3.05) is 6.61 Å². The molecule has 0 saturated heterocycles. The lowest BCUT2D eigenvalue weighted by Crippen LogP contribution is -2.20. The fourth-order valence-corrected chi connectivity index (χ4v) is 1.91. The number of hydrogen-bond acceptors (Lipinski definition) is 8. The molecule has 0 spiro atoms. The summed E-state index contributed by atoms with van der Waals surface area (Å²) >= 11 is 0. The lowest BCUT2D eigenvalue weighted by atomic mass is 10.2. The van der Waals surface area contributed by atoms with Crippen LogP contribution in [0, 0.1) is 10.1 Å². The Kier molecular flexibility index (Phi) is 6.04. The van der Waals surface area contributed by atoms with Gasteiger partial charge < -0.3 is 21.0 Å². The molecule has 0 radical (unpaired) electrons. The molecule has 0 atom stereocenters. The SMILES string of the molecule is CCn1cc([N+](=O)[O-])c(C(=O)O/N=C(\N)c2ccc(OCC(N)=O)cc2)n1. The number of nitrogens with zero attached hydrogens (tertiary/aromatic N) is 4. The van der Waals surface area contributed by atoms with E-state index in [0.29, 0.717) is 17.9 Å². The highest BCUT2D eigenvalue weighted by atomic mass is 16.7. The van der Waals surface area contributed by atoms with Crippen molar-refractivity contribution >= 4 is 23.4 Å². The van der Waals surface area contributed by atoms with Gasteiger partial charge in [0.2, 0.25) is 5.69 Å². The number of primary amides is 1. The third kappa shape index (κ3) is 5.01. The van der Waals surface area contributed by atoms with Gasteiger partial charge in [0.1, 0.15) is 11.9 Å². The van der Waals surface area contributed by atoms with E-state index >= 15 is 0 Å². The zero-order valence-corrected chi connectivity index (χ0v) is 14.2. The van der Waals surface area contributed by atoms with Gasteiger partial charge in [0.15, 0.2) is 12.4 Å². The van der Waals surface area contributed by atoms with Gasteiger partial charge in [-0.05, 0) is 31.2 Å². The summed E-state index contributed by atoms with van der Waals surface area (Å²) in [6.45, 7) is 1.77. The van der Waals surface area contributed by atoms with Gasteiger partial charge in [0.05, 0.1) is 4.92 Å². The zero-order chi connectivity index (χ0) is 20.0. The molecule has 0 aliphatic rings. The summed E-state index contributed by atoms with van der Waals surface area (Å²) in [6.07, 6.45) is 1.12. The van der Waals surface area contributed by atoms with Crippen LogP contribution in [0.25, 0.3) is 0 Å². The van der Waals surface area contributed by atoms with Crippen LogP contribution < -0.4 is 16.2 Å². The van der Waals surface area contributed by atoms with E-state index in [1.165, 1.54) is 28.9 Å². The molecule has 0 aliphatic heterocycles. The average Bonchev–Trinajstić information content (AvgIpc) is 3.09. The summed E-state index contributed by atoms with van der Waals surface area (Å²) < 4.78 is 6.32. The summed E-state index contributed by atoms with van der Waals surface area (Å²) in [4.78, 5) is 37.6. The third-order valence-electron chi connectivity index (χ3n) is 3.21. The molecular formula is C15H16N6O6. The fourth-order valence-electron chi connectivity index (χ4n) is 1.91. The molecule has 0 bridgehead atoms. The van der Waals surface area contributed by atoms with Crippen LogP contribution >= 0.6 is 0 Å². The number of benzene rings is 1. The van der Waals surface area contributed by atoms with Crippen molar-refractivity contribution in [3.63, 3.8) is 0 Å². The van der Waals surface area contributed by atoms with Gasteiger partial charge in [-0.25, -0.2) is 4.79 Å². The number of ether oxygens (including phenoxy) is 1. The van der Waals surface area contributed by atoms with E-state index < -0.39 is 28.2 Å². The van der Waals surface area contributed by atoms with Gasteiger partial charge in [0, 0.05) is 12.1 Å². The Morgan fingerprint density at radius 2 is 1.96 bits per heavy atom. The normalized spacial score (nSPS) is 11.1. The zero-order valence-electron chi connectivity index (χ0n) is 14.2. The molecule has 1 heterocycles. The lowest BCUT2D eigenvalue weighted by molar-refractivity contribution is -0.385. The van der Waals surface area contributed by atoms with Crippen molar-refractivity contribution in [3.05, 3.63) is 51.8 Å². The maximum atomic E-state index is 12.0. The molecule has 1 amide bonds. The van der Waals surface area contributed by atoms with E-state index in [2.05, 4.69) is 15.1 Å². The van der Waals surface area contributed by atoms with E-state index in [4.69, 9.17) is 16.2 Å². The van der Waals surface area contributed by atoms with Crippen LogP contribution in [0.1, 0.15) is 23.0 Å². The van der Waals surface area contributed by atoms with Crippen LogP contribution in [0.4, 0.5) is 5.69 Å². The maximum Gasteiger partial charge on any atom is 0.393 e. The fraction of sp³-hybridized carbons (Fsp3) is 0.200. The van der Waals surface area contributed by atoms with Gasteiger partial charge in [0.25, 0.3) is 5.91 Å². The van der Waals surface area contributed by atoms with E-state index in [1.54, 1.807) is 6.92 Å². The number of aryl methyl sites for hydroxylation is 1. The molecular weight excluding hydrogens is 360 g/mol. The Morgan fingerprint density at radius 1 is 1.30 bits per heavy atom. The highest BCUT2D eigenvalue weighted by Crippen LogP contribution is 2.18. The number of aromatic nitrogens is 2. The van der Waals surface area contributed by atoms with Crippen LogP contribution in [-0.4, -0.2) is 39.0 Å². The van der Waals surface area contributed by atoms with Crippen molar-refractivity contribution < 1.29 is 24.1 Å². The minimum Gasteiger partial charge on any atom is -0.484 e. The summed E-state index contributed by atoms with van der Waals surface area (Å²) in [5.41, 5.74) is 10.1. The number of rotatable bonds is 8. The smallest absolute Gasteiger partial charge is 0.393 e. The first-order valence-corrected chi connectivity index (χ1v) is 7.60. The van der Waals surface area contributed by atoms with Crippen LogP contribution in [-0.2, 0) is 16.2 Å². The van der Waals surface area contributed by atoms with Crippen molar-refractivity contribution in [2.24, 2.45) is 16.6 Å². The third-order valence-corrected chi connectivity index (χ3v) is 3.21. The molecule has 4 N–H and O–H groups in total. The molecule has 2 rings (SSSR count). The first-order valence-electron chi connectivity index (χ1n) is 7.60. The minimum atomic E-state index is -1.11. The number of amidine groups is 1. The number of hydrogen-bond donors (Lipinski definition) is 2. The Hall–Kier alpha value is -3.96. The maximum absolute atomic E-state index is 12.0. The molecule has 1 aromatic carbocycles. The number of amides is 1. The molecule has 0 saturated carbocycles. The Bertz CT molecular complexity index is 889. The summed E-state index contributed by atoms with van der Waals surface area (Å²) in [5.74, 6) is -1.50. The molecule has 2 aromatic rings. The first kappa shape index (κ1) is 19.4. The second kappa shape index (κ2) is 8.42. The Morgan fingerprint density at radius 3 is 2.52 bits per heavy atom. The van der Waals surface area contributed by atoms with Crippen molar-refractivity contribution in [1.29, 1.82) is 0 Å². The quantitative estimate of drug-likeness (QED) is 0.215. The predicted molar refractivity (Wildman–Crippen MR) is 91.8 cm³/mol. The second-order valence-corrected chi connectivity index (χ2v) is 5.11. The van der Waals surface area contributed by atoms with Crippen LogP contribution in [0.2, 0.25) is 0 Å². The Labute approximate surface area is 152 Å². The van der Waals surface area contributed by atoms with Crippen LogP contribution in [0.3, 0.4) is 0 Å². The summed E-state index contributed by atoms with van der Waals surface area (Å²) in [5, 5.41) is 18.2. The minimum absolute atomic E-state index is 0.151. The number of nitrogens with two attached hydrogens (primary N) is 2. The number of carbonyl (C=O) groups excluding carboxylic acids is 2. The number of nitro groups is 1. The highest BCUT2D eigenvalue weighted by molar-refractivity contribution is 5.98. The molecule has 0 fully saturated rings. The van der Waals surface area contributed by atoms with Crippen LogP contribution in [0.15, 0.2) is 35.6 Å². The average molecular weight is 376 g/mol. The largest absolute Gasteiger partial charge is 0.484 e. The van der Waals surface area contributed by atoms with Gasteiger partial charge in [-0.3, -0.25) is 19.6 Å². The standard InChI is InChI=1S/C15H16N6O6/c1-2-20-7-11(21(24)25)13(18-20)15(23)27-19-14(17)9-3-5-10(6-4-9)26-8-12(16)22/h3-7H,2,8H2,1H3,(H2,16,22)(H2,17,19). The van der Waals surface area contributed by atoms with Crippen molar-refractivity contribution in [3.8, 4) is 5.75 Å². The van der Waals surface area contributed by atoms with Crippen molar-refractivity contribution in [2.45, 2.75) is 13.5 Å². The Balaban J connectivity index is 2.08. The molecule has 0 unspecified atom stereocenters. The summed E-state index contributed by atoms with van der Waals surface area (Å²) in [6, 6.07) is 6.04. The first-order chi connectivity index (χ1) is 12.8. The van der Waals surface area contributed by atoms with Gasteiger partial charge in [-0.2, -0.15) is 5.10 Å². The van der Waals surface area contributed by atoms with Gasteiger partial charge in [-0.1, -0.05) is 5.16 Å². The van der Waals surface area contributed by atoms with E-state index in [-0.39, 0.29) is 12.4 Å². The molecule has 27 heavy (non-hydrogen) atoms. The predicted octanol–water partition coefficient (Wildman–Crippen LogP) is 0.153. The molecule has 142 valence electrons. The van der Waals surface area contributed by atoms with Gasteiger partial charge >= 0.3 is 11.7 Å². The molecule has 12 heteroatoms. The molecule has 0 aliphatic carbocycles. The second-order valence-electron chi connectivity index (χ2n) is 5.11. The van der Waals surface area contributed by atoms with E-state index in [1.807, 2.05) is 0 Å². The molecule has 1 aromatic heterocycles. The van der Waals surface area contributed by atoms with Crippen LogP contribution in [0.5, 0.6) is 5.75 Å². The monoisotopic (exact) mass is 376 g/mol. The topological polar surface area (TPSA) is 178 Å². The highest BCUT2D eigenvalue weighted by Gasteiger charge is 2.27. The van der Waals surface area contributed by atoms with E-state index in [9.17, 15) is 19.7 Å². The van der Waals surface area contributed by atoms with Crippen molar-refractivity contribution in [1.82, 2.24) is 9.78 Å². The lowest BCUT2D eigenvalue weighted by Gasteiger charge is -2.05. The van der Waals surface area contributed by atoms with Gasteiger partial charge in [-0.15, -0.1) is 0 Å².